The van der Waals surface area contributed by atoms with Gasteiger partial charge in [-0.25, -0.2) is 4.39 Å². The van der Waals surface area contributed by atoms with Crippen LogP contribution in [0.4, 0.5) is 4.39 Å². The van der Waals surface area contributed by atoms with Crippen molar-refractivity contribution in [1.82, 2.24) is 5.32 Å². The summed E-state index contributed by atoms with van der Waals surface area (Å²) < 4.78 is 19.2. The molecule has 0 aromatic heterocycles. The van der Waals surface area contributed by atoms with Crippen LogP contribution in [0.25, 0.3) is 0 Å². The summed E-state index contributed by atoms with van der Waals surface area (Å²) in [7, 11) is 0. The van der Waals surface area contributed by atoms with Gasteiger partial charge in [0.1, 0.15) is 18.2 Å². The van der Waals surface area contributed by atoms with E-state index >= 15 is 0 Å². The predicted molar refractivity (Wildman–Crippen MR) is 84.3 cm³/mol. The first kappa shape index (κ1) is 15.8. The van der Waals surface area contributed by atoms with Crippen LogP contribution in [-0.4, -0.2) is 6.54 Å². The van der Waals surface area contributed by atoms with Crippen LogP contribution in [0.3, 0.4) is 0 Å². The fourth-order valence-corrected chi connectivity index (χ4v) is 2.27. The fraction of sp³-hybridized carbons (Fsp3) is 0.294. The number of hydrogen-bond donors (Lipinski definition) is 1. The molecule has 1 N–H and O–H groups in total. The van der Waals surface area contributed by atoms with Gasteiger partial charge in [0, 0.05) is 22.7 Å². The van der Waals surface area contributed by atoms with Crippen molar-refractivity contribution in [3.63, 3.8) is 0 Å². The molecule has 2 rings (SSSR count). The van der Waals surface area contributed by atoms with Crippen LogP contribution in [-0.2, 0) is 6.61 Å². The highest BCUT2D eigenvalue weighted by Gasteiger charge is 2.12. The minimum atomic E-state index is -0.298. The molecule has 0 aliphatic heterocycles. The molecule has 0 fully saturated rings. The van der Waals surface area contributed by atoms with Crippen molar-refractivity contribution in [3.8, 4) is 5.75 Å². The zero-order valence-electron chi connectivity index (χ0n) is 12.2. The van der Waals surface area contributed by atoms with Gasteiger partial charge in [0.05, 0.1) is 0 Å². The fourth-order valence-electron chi connectivity index (χ4n) is 2.15. The molecular weight excluding hydrogens is 289 g/mol. The van der Waals surface area contributed by atoms with E-state index in [0.29, 0.717) is 17.4 Å². The average molecular weight is 308 g/mol. The van der Waals surface area contributed by atoms with Crippen LogP contribution < -0.4 is 10.1 Å². The van der Waals surface area contributed by atoms with Crippen molar-refractivity contribution >= 4 is 11.6 Å². The Kier molecular flexibility index (Phi) is 5.59. The molecule has 112 valence electrons. The number of hydrogen-bond acceptors (Lipinski definition) is 2. The monoisotopic (exact) mass is 307 g/mol. The first-order valence-electron chi connectivity index (χ1n) is 7.00. The third-order valence-corrected chi connectivity index (χ3v) is 3.51. The van der Waals surface area contributed by atoms with E-state index in [1.54, 1.807) is 6.07 Å². The Morgan fingerprint density at radius 1 is 1.19 bits per heavy atom. The normalized spacial score (nSPS) is 12.2. The number of ether oxygens (including phenoxy) is 1. The van der Waals surface area contributed by atoms with Gasteiger partial charge in [-0.15, -0.1) is 0 Å². The quantitative estimate of drug-likeness (QED) is 0.833. The molecule has 0 bridgehead atoms. The summed E-state index contributed by atoms with van der Waals surface area (Å²) in [6.45, 7) is 5.29. The van der Waals surface area contributed by atoms with Crippen molar-refractivity contribution in [2.24, 2.45) is 0 Å². The van der Waals surface area contributed by atoms with Crippen LogP contribution in [0, 0.1) is 5.82 Å². The Labute approximate surface area is 129 Å². The van der Waals surface area contributed by atoms with Crippen LogP contribution in [0.15, 0.2) is 42.5 Å². The Bertz CT molecular complexity index is 586. The van der Waals surface area contributed by atoms with Crippen LogP contribution >= 0.6 is 11.6 Å². The van der Waals surface area contributed by atoms with E-state index in [0.717, 1.165) is 17.7 Å². The van der Waals surface area contributed by atoms with Gasteiger partial charge in [-0.3, -0.25) is 0 Å². The maximum Gasteiger partial charge on any atom is 0.127 e. The molecule has 0 spiro atoms. The van der Waals surface area contributed by atoms with Crippen molar-refractivity contribution in [2.75, 3.05) is 6.54 Å². The highest BCUT2D eigenvalue weighted by Crippen LogP contribution is 2.27. The summed E-state index contributed by atoms with van der Waals surface area (Å²) in [6, 6.07) is 12.2. The highest BCUT2D eigenvalue weighted by molar-refractivity contribution is 6.30. The van der Waals surface area contributed by atoms with Crippen LogP contribution in [0.5, 0.6) is 5.75 Å². The zero-order chi connectivity index (χ0) is 15.2. The van der Waals surface area contributed by atoms with E-state index in [9.17, 15) is 4.39 Å². The minimum absolute atomic E-state index is 0.107. The van der Waals surface area contributed by atoms with Gasteiger partial charge >= 0.3 is 0 Å². The molecule has 2 aromatic rings. The van der Waals surface area contributed by atoms with Crippen molar-refractivity contribution in [2.45, 2.75) is 26.5 Å². The second-order valence-corrected chi connectivity index (χ2v) is 5.31. The molecule has 0 radical (unpaired) electrons. The molecule has 0 aliphatic carbocycles. The van der Waals surface area contributed by atoms with E-state index in [2.05, 4.69) is 5.32 Å². The van der Waals surface area contributed by atoms with E-state index in [1.807, 2.05) is 38.1 Å². The molecule has 0 aliphatic rings. The maximum atomic E-state index is 13.5. The molecule has 1 atom stereocenters. The maximum absolute atomic E-state index is 13.5. The van der Waals surface area contributed by atoms with Gasteiger partial charge in [-0.2, -0.15) is 0 Å². The Hall–Kier alpha value is -1.58. The smallest absolute Gasteiger partial charge is 0.127 e. The number of benzene rings is 2. The van der Waals surface area contributed by atoms with Gasteiger partial charge in [-0.1, -0.05) is 36.7 Å². The summed E-state index contributed by atoms with van der Waals surface area (Å²) in [6.07, 6.45) is 0. The predicted octanol–water partition coefficient (Wildman–Crippen LogP) is 4.73. The Morgan fingerprint density at radius 3 is 2.57 bits per heavy atom. The molecule has 0 heterocycles. The second-order valence-electron chi connectivity index (χ2n) is 4.88. The van der Waals surface area contributed by atoms with E-state index in [-0.39, 0.29) is 11.9 Å². The van der Waals surface area contributed by atoms with E-state index in [1.165, 1.54) is 12.1 Å². The summed E-state index contributed by atoms with van der Waals surface area (Å²) in [5.74, 6) is 0.270. The van der Waals surface area contributed by atoms with Crippen LogP contribution in [0.2, 0.25) is 5.02 Å². The molecule has 21 heavy (non-hydrogen) atoms. The number of nitrogens with one attached hydrogen (secondary N) is 1. The lowest BCUT2D eigenvalue weighted by Gasteiger charge is -2.18. The van der Waals surface area contributed by atoms with E-state index in [4.69, 9.17) is 16.3 Å². The minimum Gasteiger partial charge on any atom is -0.488 e. The summed E-state index contributed by atoms with van der Waals surface area (Å²) >= 11 is 5.85. The summed E-state index contributed by atoms with van der Waals surface area (Å²) in [5.41, 5.74) is 1.94. The zero-order valence-corrected chi connectivity index (χ0v) is 13.0. The van der Waals surface area contributed by atoms with Gasteiger partial charge in [0.15, 0.2) is 0 Å². The Balaban J connectivity index is 2.14. The number of rotatable bonds is 6. The van der Waals surface area contributed by atoms with Gasteiger partial charge in [0.2, 0.25) is 0 Å². The van der Waals surface area contributed by atoms with Crippen molar-refractivity contribution in [1.29, 1.82) is 0 Å². The molecule has 0 amide bonds. The lowest BCUT2D eigenvalue weighted by Crippen LogP contribution is -2.18. The van der Waals surface area contributed by atoms with Crippen molar-refractivity contribution < 1.29 is 9.13 Å². The molecule has 1 unspecified atom stereocenters. The van der Waals surface area contributed by atoms with Gasteiger partial charge in [0.25, 0.3) is 0 Å². The number of halogens is 2. The SMILES string of the molecule is CCNC(C)c1ccc(F)cc1OCc1ccc(Cl)cc1. The largest absolute Gasteiger partial charge is 0.488 e. The lowest BCUT2D eigenvalue weighted by molar-refractivity contribution is 0.298. The molecule has 2 nitrogen and oxygen atoms in total. The summed E-state index contributed by atoms with van der Waals surface area (Å²) in [5, 5.41) is 3.99. The molecule has 0 saturated carbocycles. The lowest BCUT2D eigenvalue weighted by atomic mass is 10.1. The van der Waals surface area contributed by atoms with Gasteiger partial charge < -0.3 is 10.1 Å². The third kappa shape index (κ3) is 4.45. The average Bonchev–Trinajstić information content (AvgIpc) is 2.47. The van der Waals surface area contributed by atoms with Crippen LogP contribution in [0.1, 0.15) is 31.0 Å². The first-order valence-corrected chi connectivity index (χ1v) is 7.38. The summed E-state index contributed by atoms with van der Waals surface area (Å²) in [4.78, 5) is 0. The third-order valence-electron chi connectivity index (χ3n) is 3.26. The first-order chi connectivity index (χ1) is 10.1. The van der Waals surface area contributed by atoms with Gasteiger partial charge in [-0.05, 0) is 37.2 Å². The molecular formula is C17H19ClFNO. The molecule has 4 heteroatoms. The van der Waals surface area contributed by atoms with Crippen molar-refractivity contribution in [3.05, 3.63) is 64.4 Å². The Morgan fingerprint density at radius 2 is 1.90 bits per heavy atom. The molecule has 0 saturated heterocycles. The standard InChI is InChI=1S/C17H19ClFNO/c1-3-20-12(2)16-9-8-15(19)10-17(16)21-11-13-4-6-14(18)7-5-13/h4-10,12,20H,3,11H2,1-2H3. The highest BCUT2D eigenvalue weighted by atomic mass is 35.5. The second kappa shape index (κ2) is 7.43. The van der Waals surface area contributed by atoms with E-state index < -0.39 is 0 Å². The topological polar surface area (TPSA) is 21.3 Å². The molecule has 2 aromatic carbocycles.